The second kappa shape index (κ2) is 10.6. The van der Waals surface area contributed by atoms with Crippen molar-refractivity contribution in [2.45, 2.75) is 32.4 Å². The van der Waals surface area contributed by atoms with Gasteiger partial charge >= 0.3 is 0 Å². The third-order valence-corrected chi connectivity index (χ3v) is 5.19. The van der Waals surface area contributed by atoms with Gasteiger partial charge in [0.25, 0.3) is 0 Å². The lowest BCUT2D eigenvalue weighted by atomic mass is 9.95. The molecule has 1 saturated heterocycles. The number of guanidine groups is 1. The van der Waals surface area contributed by atoms with Crippen molar-refractivity contribution in [1.82, 2.24) is 10.2 Å². The lowest BCUT2D eigenvalue weighted by Gasteiger charge is -2.34. The average Bonchev–Trinajstić information content (AvgIpc) is 2.73. The summed E-state index contributed by atoms with van der Waals surface area (Å²) >= 11 is 0. The van der Waals surface area contributed by atoms with Crippen LogP contribution in [0.3, 0.4) is 0 Å². The number of ether oxygens (including phenoxy) is 1. The topological polar surface area (TPSA) is 80.0 Å². The molecule has 2 aromatic rings. The van der Waals surface area contributed by atoms with E-state index in [0.717, 1.165) is 48.8 Å². The first-order chi connectivity index (χ1) is 14.5. The SMILES string of the molecule is CN=C(NCc1ccc(OCc2cccc(F)c2)cc1)N1CCCC(CC(N)=O)C1. The number of hydrogen-bond acceptors (Lipinski definition) is 3. The van der Waals surface area contributed by atoms with Gasteiger partial charge in [-0.2, -0.15) is 0 Å². The highest BCUT2D eigenvalue weighted by Crippen LogP contribution is 2.20. The average molecular weight is 413 g/mol. The highest BCUT2D eigenvalue weighted by Gasteiger charge is 2.23. The van der Waals surface area contributed by atoms with Crippen molar-refractivity contribution in [3.63, 3.8) is 0 Å². The lowest BCUT2D eigenvalue weighted by Crippen LogP contribution is -2.46. The quantitative estimate of drug-likeness (QED) is 0.541. The Morgan fingerprint density at radius 2 is 2.07 bits per heavy atom. The molecule has 3 N–H and O–H groups in total. The van der Waals surface area contributed by atoms with E-state index in [-0.39, 0.29) is 17.6 Å². The molecule has 7 heteroatoms. The number of benzene rings is 2. The fourth-order valence-electron chi connectivity index (χ4n) is 3.72. The molecule has 30 heavy (non-hydrogen) atoms. The number of nitrogens with one attached hydrogen (secondary N) is 1. The molecule has 1 fully saturated rings. The number of carbonyl (C=O) groups excluding carboxylic acids is 1. The summed E-state index contributed by atoms with van der Waals surface area (Å²) in [6, 6.07) is 14.2. The van der Waals surface area contributed by atoms with E-state index in [0.29, 0.717) is 19.6 Å². The van der Waals surface area contributed by atoms with Crippen LogP contribution in [0.4, 0.5) is 4.39 Å². The molecule has 0 spiro atoms. The van der Waals surface area contributed by atoms with Crippen molar-refractivity contribution in [3.05, 3.63) is 65.5 Å². The van der Waals surface area contributed by atoms with Gasteiger partial charge in [-0.3, -0.25) is 9.79 Å². The molecule has 1 unspecified atom stereocenters. The highest BCUT2D eigenvalue weighted by atomic mass is 19.1. The van der Waals surface area contributed by atoms with Gasteiger partial charge in [-0.15, -0.1) is 0 Å². The van der Waals surface area contributed by atoms with Crippen LogP contribution in [-0.4, -0.2) is 36.9 Å². The number of halogens is 1. The number of rotatable bonds is 7. The largest absolute Gasteiger partial charge is 0.489 e. The third-order valence-electron chi connectivity index (χ3n) is 5.19. The van der Waals surface area contributed by atoms with Gasteiger partial charge in [0.1, 0.15) is 18.2 Å². The third kappa shape index (κ3) is 6.47. The summed E-state index contributed by atoms with van der Waals surface area (Å²) in [6.07, 6.45) is 2.47. The van der Waals surface area contributed by atoms with Crippen LogP contribution in [0.25, 0.3) is 0 Å². The first kappa shape index (κ1) is 21.6. The number of likely N-dealkylation sites (tertiary alicyclic amines) is 1. The molecule has 0 aliphatic carbocycles. The van der Waals surface area contributed by atoms with Gasteiger partial charge in [0, 0.05) is 33.1 Å². The predicted octanol–water partition coefficient (Wildman–Crippen LogP) is 3.07. The molecule has 1 aliphatic rings. The van der Waals surface area contributed by atoms with E-state index in [4.69, 9.17) is 10.5 Å². The minimum absolute atomic E-state index is 0.246. The molecule has 3 rings (SSSR count). The maximum Gasteiger partial charge on any atom is 0.217 e. The standard InChI is InChI=1S/C23H29FN4O2/c1-26-23(28-11-3-5-18(15-28)13-22(25)29)27-14-17-7-9-21(10-8-17)30-16-19-4-2-6-20(24)12-19/h2,4,6-10,12,18H,3,5,11,13-16H2,1H3,(H2,25,29)(H,26,27). The van der Waals surface area contributed by atoms with Gasteiger partial charge in [0.15, 0.2) is 5.96 Å². The summed E-state index contributed by atoms with van der Waals surface area (Å²) in [5.74, 6) is 1.34. The maximum absolute atomic E-state index is 13.2. The summed E-state index contributed by atoms with van der Waals surface area (Å²) < 4.78 is 19.0. The molecule has 0 bridgehead atoms. The molecule has 6 nitrogen and oxygen atoms in total. The molecule has 2 aromatic carbocycles. The van der Waals surface area contributed by atoms with Crippen molar-refractivity contribution in [2.24, 2.45) is 16.6 Å². The van der Waals surface area contributed by atoms with E-state index in [1.165, 1.54) is 12.1 Å². The van der Waals surface area contributed by atoms with Crippen LogP contribution in [0.1, 0.15) is 30.4 Å². The summed E-state index contributed by atoms with van der Waals surface area (Å²) in [7, 11) is 1.77. The van der Waals surface area contributed by atoms with Crippen molar-refractivity contribution in [1.29, 1.82) is 0 Å². The summed E-state index contributed by atoms with van der Waals surface area (Å²) in [5, 5.41) is 3.39. The van der Waals surface area contributed by atoms with Crippen LogP contribution < -0.4 is 15.8 Å². The molecular formula is C23H29FN4O2. The van der Waals surface area contributed by atoms with Crippen LogP contribution in [0, 0.1) is 11.7 Å². The summed E-state index contributed by atoms with van der Waals surface area (Å²) in [4.78, 5) is 17.8. The van der Waals surface area contributed by atoms with Gasteiger partial charge in [-0.05, 0) is 54.2 Å². The van der Waals surface area contributed by atoms with E-state index in [1.54, 1.807) is 13.1 Å². The van der Waals surface area contributed by atoms with Gasteiger partial charge in [-0.25, -0.2) is 4.39 Å². The number of nitrogens with zero attached hydrogens (tertiary/aromatic N) is 2. The molecule has 0 aromatic heterocycles. The smallest absolute Gasteiger partial charge is 0.217 e. The molecule has 1 atom stereocenters. The van der Waals surface area contributed by atoms with E-state index < -0.39 is 0 Å². The summed E-state index contributed by atoms with van der Waals surface area (Å²) in [5.41, 5.74) is 7.24. The summed E-state index contributed by atoms with van der Waals surface area (Å²) in [6.45, 7) is 2.66. The molecule has 0 saturated carbocycles. The van der Waals surface area contributed by atoms with Gasteiger partial charge in [0.2, 0.25) is 5.91 Å². The Labute approximate surface area is 176 Å². The van der Waals surface area contributed by atoms with Crippen LogP contribution in [0.5, 0.6) is 5.75 Å². The minimum Gasteiger partial charge on any atom is -0.489 e. The molecule has 1 amide bonds. The van der Waals surface area contributed by atoms with Gasteiger partial charge in [-0.1, -0.05) is 24.3 Å². The number of primary amides is 1. The number of hydrogen-bond donors (Lipinski definition) is 2. The Morgan fingerprint density at radius 3 is 2.77 bits per heavy atom. The van der Waals surface area contributed by atoms with E-state index in [1.807, 2.05) is 30.3 Å². The fraction of sp³-hybridized carbons (Fsp3) is 0.391. The van der Waals surface area contributed by atoms with Gasteiger partial charge < -0.3 is 20.7 Å². The van der Waals surface area contributed by atoms with Crippen molar-refractivity contribution >= 4 is 11.9 Å². The van der Waals surface area contributed by atoms with Gasteiger partial charge in [0.05, 0.1) is 0 Å². The van der Waals surface area contributed by atoms with Crippen LogP contribution in [-0.2, 0) is 17.9 Å². The minimum atomic E-state index is -0.263. The van der Waals surface area contributed by atoms with Crippen LogP contribution >= 0.6 is 0 Å². The second-order valence-electron chi connectivity index (χ2n) is 7.59. The first-order valence-corrected chi connectivity index (χ1v) is 10.2. The zero-order valence-electron chi connectivity index (χ0n) is 17.3. The molecule has 1 aliphatic heterocycles. The lowest BCUT2D eigenvalue weighted by molar-refractivity contribution is -0.119. The number of aliphatic imine (C=N–C) groups is 1. The second-order valence-corrected chi connectivity index (χ2v) is 7.59. The van der Waals surface area contributed by atoms with Crippen molar-refractivity contribution < 1.29 is 13.9 Å². The zero-order chi connectivity index (χ0) is 21.3. The molecule has 1 heterocycles. The van der Waals surface area contributed by atoms with E-state index in [2.05, 4.69) is 15.2 Å². The normalized spacial score (nSPS) is 16.9. The van der Waals surface area contributed by atoms with Crippen LogP contribution in [0.2, 0.25) is 0 Å². The maximum atomic E-state index is 13.2. The number of nitrogens with two attached hydrogens (primary N) is 1. The molecule has 0 radical (unpaired) electrons. The Kier molecular flexibility index (Phi) is 7.65. The Hall–Kier alpha value is -3.09. The van der Waals surface area contributed by atoms with Crippen LogP contribution in [0.15, 0.2) is 53.5 Å². The first-order valence-electron chi connectivity index (χ1n) is 10.2. The number of piperidine rings is 1. The monoisotopic (exact) mass is 412 g/mol. The zero-order valence-corrected chi connectivity index (χ0v) is 17.3. The Morgan fingerprint density at radius 1 is 1.27 bits per heavy atom. The number of carbonyl (C=O) groups is 1. The fourth-order valence-corrected chi connectivity index (χ4v) is 3.72. The van der Waals surface area contributed by atoms with E-state index in [9.17, 15) is 9.18 Å². The van der Waals surface area contributed by atoms with E-state index >= 15 is 0 Å². The Balaban J connectivity index is 1.49. The molecular weight excluding hydrogens is 383 g/mol. The predicted molar refractivity (Wildman–Crippen MR) is 115 cm³/mol. The van der Waals surface area contributed by atoms with Crippen molar-refractivity contribution in [2.75, 3.05) is 20.1 Å². The highest BCUT2D eigenvalue weighted by molar-refractivity contribution is 5.80. The van der Waals surface area contributed by atoms with Crippen molar-refractivity contribution in [3.8, 4) is 5.75 Å². The number of amides is 1. The Bertz CT molecular complexity index is 870. The molecule has 160 valence electrons.